The number of Topliss-reactive ketones (excluding diaryl/α,β-unsaturated/α-hetero) is 1. The summed E-state index contributed by atoms with van der Waals surface area (Å²) in [5.41, 5.74) is 3.58. The summed E-state index contributed by atoms with van der Waals surface area (Å²) in [4.78, 5) is 15.4. The number of carbonyl (C=O) groups excluding carboxylic acids is 1. The number of hydrogen-bond acceptors (Lipinski definition) is 4. The molecule has 6 heteroatoms. The smallest absolute Gasteiger partial charge is 0.268 e. The lowest BCUT2D eigenvalue weighted by molar-refractivity contribution is -0.129. The fraction of sp³-hybridized carbons (Fsp3) is 0.375. The number of carbonyl (C=O) groups is 1. The molecular weight excluding hydrogens is 396 g/mol. The summed E-state index contributed by atoms with van der Waals surface area (Å²) < 4.78 is 29.2. The van der Waals surface area contributed by atoms with Crippen LogP contribution in [0.15, 0.2) is 53.4 Å². The fourth-order valence-corrected chi connectivity index (χ4v) is 6.70. The minimum absolute atomic E-state index is 0.0503. The molecule has 0 spiro atoms. The molecule has 30 heavy (non-hydrogen) atoms. The van der Waals surface area contributed by atoms with Crippen molar-refractivity contribution < 1.29 is 13.2 Å². The quantitative estimate of drug-likeness (QED) is 0.638. The highest BCUT2D eigenvalue weighted by Gasteiger charge is 2.42. The number of aromatic nitrogens is 1. The van der Waals surface area contributed by atoms with Crippen LogP contribution in [0.5, 0.6) is 0 Å². The first-order chi connectivity index (χ1) is 14.4. The summed E-state index contributed by atoms with van der Waals surface area (Å²) in [6.45, 7) is 5.57. The van der Waals surface area contributed by atoms with E-state index in [0.29, 0.717) is 18.5 Å². The molecule has 0 radical (unpaired) electrons. The monoisotopic (exact) mass is 422 g/mol. The third-order valence-corrected chi connectivity index (χ3v) is 8.48. The molecule has 0 N–H and O–H groups in total. The van der Waals surface area contributed by atoms with Crippen LogP contribution in [0.4, 0.5) is 0 Å². The third kappa shape index (κ3) is 2.85. The van der Waals surface area contributed by atoms with E-state index in [9.17, 15) is 13.2 Å². The molecule has 1 saturated heterocycles. The Hall–Kier alpha value is -2.44. The molecule has 5 nitrogen and oxygen atoms in total. The number of rotatable bonds is 3. The number of benzene rings is 2. The second-order valence-corrected chi connectivity index (χ2v) is 10.3. The minimum Gasteiger partial charge on any atom is -0.299 e. The van der Waals surface area contributed by atoms with Crippen LogP contribution in [-0.2, 0) is 21.2 Å². The SMILES string of the molecule is CC[C@H]1CN2CCc3c(n(S(=O)(=O)c4ccc(C)cc4)c4ccccc34)[C@@H]2CC1=O. The van der Waals surface area contributed by atoms with Crippen LogP contribution in [-0.4, -0.2) is 36.2 Å². The number of fused-ring (bicyclic) bond motifs is 5. The average Bonchev–Trinajstić information content (AvgIpc) is 3.09. The molecule has 2 atom stereocenters. The van der Waals surface area contributed by atoms with Crippen LogP contribution in [0.25, 0.3) is 10.9 Å². The van der Waals surface area contributed by atoms with Crippen molar-refractivity contribution >= 4 is 26.7 Å². The molecule has 2 aliphatic heterocycles. The summed E-state index contributed by atoms with van der Waals surface area (Å²) in [7, 11) is -3.79. The van der Waals surface area contributed by atoms with Gasteiger partial charge in [0.15, 0.2) is 0 Å². The molecule has 1 fully saturated rings. The van der Waals surface area contributed by atoms with Gasteiger partial charge in [0, 0.05) is 30.8 Å². The maximum atomic E-state index is 13.8. The molecule has 0 amide bonds. The molecule has 2 aliphatic rings. The molecule has 1 aromatic heterocycles. The van der Waals surface area contributed by atoms with E-state index in [-0.39, 0.29) is 22.6 Å². The van der Waals surface area contributed by atoms with Crippen molar-refractivity contribution in [2.75, 3.05) is 13.1 Å². The number of piperidine rings is 1. The van der Waals surface area contributed by atoms with Crippen LogP contribution in [0.3, 0.4) is 0 Å². The third-order valence-electron chi connectivity index (χ3n) is 6.74. The molecule has 5 rings (SSSR count). The molecule has 3 aromatic rings. The number of ketones is 1. The van der Waals surface area contributed by atoms with E-state index in [1.54, 1.807) is 12.1 Å². The van der Waals surface area contributed by atoms with Gasteiger partial charge in [-0.2, -0.15) is 0 Å². The fourth-order valence-electron chi connectivity index (χ4n) is 5.10. The molecule has 3 heterocycles. The lowest BCUT2D eigenvalue weighted by atomic mass is 9.84. The van der Waals surface area contributed by atoms with Crippen LogP contribution < -0.4 is 0 Å². The van der Waals surface area contributed by atoms with Gasteiger partial charge < -0.3 is 0 Å². The Kier molecular flexibility index (Phi) is 4.60. The Morgan fingerprint density at radius 1 is 1.07 bits per heavy atom. The number of hydrogen-bond donors (Lipinski definition) is 0. The molecule has 0 bridgehead atoms. The first-order valence-corrected chi connectivity index (χ1v) is 12.1. The second-order valence-electron chi connectivity index (χ2n) is 8.50. The van der Waals surface area contributed by atoms with Crippen LogP contribution >= 0.6 is 0 Å². The molecule has 0 aliphatic carbocycles. The normalized spacial score (nSPS) is 22.1. The zero-order valence-corrected chi connectivity index (χ0v) is 18.2. The van der Waals surface area contributed by atoms with E-state index >= 15 is 0 Å². The van der Waals surface area contributed by atoms with E-state index in [1.807, 2.05) is 43.3 Å². The van der Waals surface area contributed by atoms with Crippen molar-refractivity contribution in [3.05, 3.63) is 65.4 Å². The van der Waals surface area contributed by atoms with E-state index < -0.39 is 10.0 Å². The second kappa shape index (κ2) is 7.06. The van der Waals surface area contributed by atoms with Gasteiger partial charge in [0.25, 0.3) is 10.0 Å². The summed E-state index contributed by atoms with van der Waals surface area (Å²) in [6.07, 6.45) is 2.01. The van der Waals surface area contributed by atoms with Crippen molar-refractivity contribution in [1.82, 2.24) is 8.87 Å². The average molecular weight is 423 g/mol. The van der Waals surface area contributed by atoms with Gasteiger partial charge in [-0.1, -0.05) is 42.8 Å². The van der Waals surface area contributed by atoms with Crippen molar-refractivity contribution in [3.63, 3.8) is 0 Å². The predicted molar refractivity (Wildman–Crippen MR) is 117 cm³/mol. The Balaban J connectivity index is 1.75. The summed E-state index contributed by atoms with van der Waals surface area (Å²) in [6, 6.07) is 14.5. The standard InChI is InChI=1S/C24H26N2O3S/c1-3-17-15-25-13-12-20-19-6-4-5-7-21(19)26(24(20)22(25)14-23(17)27)30(28,29)18-10-8-16(2)9-11-18/h4-11,17,22H,3,12-15H2,1-2H3/t17-,22-/m0/s1. The summed E-state index contributed by atoms with van der Waals surface area (Å²) >= 11 is 0. The zero-order valence-electron chi connectivity index (χ0n) is 17.3. The summed E-state index contributed by atoms with van der Waals surface area (Å²) in [5, 5.41) is 0.980. The number of nitrogens with zero attached hydrogens (tertiary/aromatic N) is 2. The Morgan fingerprint density at radius 3 is 2.53 bits per heavy atom. The van der Waals surface area contributed by atoms with E-state index in [2.05, 4.69) is 11.8 Å². The highest BCUT2D eigenvalue weighted by molar-refractivity contribution is 7.90. The van der Waals surface area contributed by atoms with Crippen molar-refractivity contribution in [2.24, 2.45) is 5.92 Å². The van der Waals surface area contributed by atoms with Gasteiger partial charge in [-0.3, -0.25) is 9.69 Å². The minimum atomic E-state index is -3.79. The van der Waals surface area contributed by atoms with Crippen molar-refractivity contribution in [2.45, 2.75) is 44.0 Å². The largest absolute Gasteiger partial charge is 0.299 e. The van der Waals surface area contributed by atoms with Crippen LogP contribution in [0, 0.1) is 12.8 Å². The number of aryl methyl sites for hydroxylation is 1. The van der Waals surface area contributed by atoms with Crippen molar-refractivity contribution in [1.29, 1.82) is 0 Å². The molecule has 156 valence electrons. The van der Waals surface area contributed by atoms with Gasteiger partial charge in [-0.15, -0.1) is 0 Å². The van der Waals surface area contributed by atoms with E-state index in [4.69, 9.17) is 0 Å². The maximum absolute atomic E-state index is 13.8. The van der Waals surface area contributed by atoms with Gasteiger partial charge in [0.1, 0.15) is 5.78 Å². The highest BCUT2D eigenvalue weighted by atomic mass is 32.2. The molecule has 2 aromatic carbocycles. The Labute approximate surface area is 177 Å². The first kappa shape index (κ1) is 19.5. The highest BCUT2D eigenvalue weighted by Crippen LogP contribution is 2.43. The predicted octanol–water partition coefficient (Wildman–Crippen LogP) is 4.08. The van der Waals surface area contributed by atoms with Gasteiger partial charge in [0.2, 0.25) is 0 Å². The van der Waals surface area contributed by atoms with Gasteiger partial charge in [0.05, 0.1) is 22.1 Å². The zero-order chi connectivity index (χ0) is 21.0. The van der Waals surface area contributed by atoms with Gasteiger partial charge in [-0.05, 0) is 43.5 Å². The lowest BCUT2D eigenvalue weighted by Gasteiger charge is -2.42. The molecule has 0 unspecified atom stereocenters. The Bertz CT molecular complexity index is 1240. The summed E-state index contributed by atoms with van der Waals surface area (Å²) in [5.74, 6) is 0.297. The van der Waals surface area contributed by atoms with Gasteiger partial charge in [-0.25, -0.2) is 12.4 Å². The Morgan fingerprint density at radius 2 is 1.80 bits per heavy atom. The van der Waals surface area contributed by atoms with Crippen LogP contribution in [0.2, 0.25) is 0 Å². The van der Waals surface area contributed by atoms with Crippen LogP contribution in [0.1, 0.15) is 42.6 Å². The van der Waals surface area contributed by atoms with Gasteiger partial charge >= 0.3 is 0 Å². The topological polar surface area (TPSA) is 59.4 Å². The van der Waals surface area contributed by atoms with E-state index in [1.165, 1.54) is 3.97 Å². The maximum Gasteiger partial charge on any atom is 0.268 e. The lowest BCUT2D eigenvalue weighted by Crippen LogP contribution is -2.47. The van der Waals surface area contributed by atoms with E-state index in [0.717, 1.165) is 41.6 Å². The molecular formula is C24H26N2O3S. The molecule has 0 saturated carbocycles. The van der Waals surface area contributed by atoms with Crippen molar-refractivity contribution in [3.8, 4) is 0 Å². The first-order valence-electron chi connectivity index (χ1n) is 10.6. The number of para-hydroxylation sites is 1.